The quantitative estimate of drug-likeness (QED) is 0.787. The van der Waals surface area contributed by atoms with E-state index in [4.69, 9.17) is 5.73 Å². The lowest BCUT2D eigenvalue weighted by Gasteiger charge is -2.33. The number of anilines is 1. The van der Waals surface area contributed by atoms with Crippen molar-refractivity contribution in [2.75, 3.05) is 38.2 Å². The van der Waals surface area contributed by atoms with Crippen LogP contribution in [0.1, 0.15) is 10.4 Å². The van der Waals surface area contributed by atoms with E-state index >= 15 is 0 Å². The topological polar surface area (TPSA) is 83.7 Å². The zero-order valence-corrected chi connectivity index (χ0v) is 11.9. The van der Waals surface area contributed by atoms with Gasteiger partial charge in [0, 0.05) is 31.9 Å². The second-order valence-electron chi connectivity index (χ2n) is 4.69. The number of piperazine rings is 1. The van der Waals surface area contributed by atoms with Crippen molar-refractivity contribution in [3.05, 3.63) is 29.6 Å². The lowest BCUT2D eigenvalue weighted by atomic mass is 10.1. The monoisotopic (exact) mass is 301 g/mol. The zero-order valence-electron chi connectivity index (χ0n) is 11.0. The van der Waals surface area contributed by atoms with Crippen molar-refractivity contribution in [2.24, 2.45) is 0 Å². The molecule has 110 valence electrons. The van der Waals surface area contributed by atoms with Crippen LogP contribution < -0.4 is 5.73 Å². The minimum absolute atomic E-state index is 0.109. The fourth-order valence-electron chi connectivity index (χ4n) is 2.11. The molecule has 2 N–H and O–H groups in total. The van der Waals surface area contributed by atoms with E-state index in [2.05, 4.69) is 0 Å². The molecule has 0 atom stereocenters. The van der Waals surface area contributed by atoms with Gasteiger partial charge in [0.05, 0.1) is 11.8 Å². The highest BCUT2D eigenvalue weighted by Gasteiger charge is 2.27. The molecule has 8 heteroatoms. The van der Waals surface area contributed by atoms with Gasteiger partial charge >= 0.3 is 0 Å². The summed E-state index contributed by atoms with van der Waals surface area (Å²) in [5.41, 5.74) is 5.99. The number of halogens is 1. The Kier molecular flexibility index (Phi) is 3.96. The number of nitrogen functional groups attached to an aromatic ring is 1. The van der Waals surface area contributed by atoms with E-state index in [0.29, 0.717) is 0 Å². The summed E-state index contributed by atoms with van der Waals surface area (Å²) in [6.45, 7) is 1.00. The molecule has 0 aromatic heterocycles. The summed E-state index contributed by atoms with van der Waals surface area (Å²) < 4.78 is 37.3. The molecule has 1 aromatic carbocycles. The van der Waals surface area contributed by atoms with Crippen LogP contribution in [0.15, 0.2) is 18.2 Å². The van der Waals surface area contributed by atoms with Crippen molar-refractivity contribution in [2.45, 2.75) is 0 Å². The minimum atomic E-state index is -3.24. The van der Waals surface area contributed by atoms with E-state index < -0.39 is 15.8 Å². The molecule has 0 aliphatic carbocycles. The van der Waals surface area contributed by atoms with Gasteiger partial charge in [-0.1, -0.05) is 0 Å². The maximum absolute atomic E-state index is 13.2. The molecule has 0 saturated carbocycles. The first-order chi connectivity index (χ1) is 9.29. The maximum Gasteiger partial charge on any atom is 0.256 e. The molecule has 1 aliphatic rings. The van der Waals surface area contributed by atoms with Crippen LogP contribution in [0.4, 0.5) is 10.1 Å². The van der Waals surface area contributed by atoms with Gasteiger partial charge in [-0.3, -0.25) is 4.79 Å². The average molecular weight is 301 g/mol. The predicted molar refractivity (Wildman–Crippen MR) is 73.1 cm³/mol. The van der Waals surface area contributed by atoms with Gasteiger partial charge in [0.25, 0.3) is 5.91 Å². The van der Waals surface area contributed by atoms with Crippen molar-refractivity contribution in [3.63, 3.8) is 0 Å². The lowest BCUT2D eigenvalue weighted by Crippen LogP contribution is -2.50. The molecule has 0 spiro atoms. The van der Waals surface area contributed by atoms with E-state index in [1.807, 2.05) is 0 Å². The molecule has 6 nitrogen and oxygen atoms in total. The van der Waals surface area contributed by atoms with E-state index in [9.17, 15) is 17.6 Å². The summed E-state index contributed by atoms with van der Waals surface area (Å²) in [5.74, 6) is -0.910. The van der Waals surface area contributed by atoms with Gasteiger partial charge in [-0.2, -0.15) is 4.31 Å². The van der Waals surface area contributed by atoms with Crippen LogP contribution in [0.5, 0.6) is 0 Å². The van der Waals surface area contributed by atoms with Crippen LogP contribution in [0.3, 0.4) is 0 Å². The second kappa shape index (κ2) is 5.37. The predicted octanol–water partition coefficient (Wildman–Crippen LogP) is 0.125. The Morgan fingerprint density at radius 2 is 1.85 bits per heavy atom. The molecule has 1 fully saturated rings. The first-order valence-electron chi connectivity index (χ1n) is 6.08. The number of sulfonamides is 1. The second-order valence-corrected chi connectivity index (χ2v) is 6.67. The van der Waals surface area contributed by atoms with Gasteiger partial charge in [0.1, 0.15) is 5.82 Å². The van der Waals surface area contributed by atoms with Crippen molar-refractivity contribution in [1.29, 1.82) is 0 Å². The number of nitrogens with two attached hydrogens (primary N) is 1. The Balaban J connectivity index is 2.11. The van der Waals surface area contributed by atoms with Crippen LogP contribution in [0, 0.1) is 5.82 Å². The summed E-state index contributed by atoms with van der Waals surface area (Å²) in [6.07, 6.45) is 1.13. The number of carbonyl (C=O) groups excluding carboxylic acids is 1. The number of hydrogen-bond donors (Lipinski definition) is 1. The molecule has 0 radical (unpaired) electrons. The Hall–Kier alpha value is -1.67. The van der Waals surface area contributed by atoms with Crippen LogP contribution in [-0.2, 0) is 10.0 Å². The third kappa shape index (κ3) is 3.07. The Morgan fingerprint density at radius 1 is 1.25 bits per heavy atom. The molecule has 1 aromatic rings. The van der Waals surface area contributed by atoms with Gasteiger partial charge in [0.2, 0.25) is 10.0 Å². The van der Waals surface area contributed by atoms with Crippen molar-refractivity contribution in [1.82, 2.24) is 9.21 Å². The maximum atomic E-state index is 13.2. The number of amides is 1. The lowest BCUT2D eigenvalue weighted by molar-refractivity contribution is 0.0699. The molecule has 1 heterocycles. The smallest absolute Gasteiger partial charge is 0.256 e. The van der Waals surface area contributed by atoms with Crippen LogP contribution in [0.25, 0.3) is 0 Å². The SMILES string of the molecule is CS(=O)(=O)N1CCN(C(=O)c2cc(F)ccc2N)CC1. The molecular formula is C12H16FN3O3S. The molecule has 2 rings (SSSR count). The molecule has 20 heavy (non-hydrogen) atoms. The van der Waals surface area contributed by atoms with Crippen molar-refractivity contribution >= 4 is 21.6 Å². The van der Waals surface area contributed by atoms with Crippen LogP contribution >= 0.6 is 0 Å². The Labute approximate surface area is 117 Å². The highest BCUT2D eigenvalue weighted by molar-refractivity contribution is 7.88. The molecule has 1 aliphatic heterocycles. The highest BCUT2D eigenvalue weighted by atomic mass is 32.2. The van der Waals surface area contributed by atoms with E-state index in [-0.39, 0.29) is 43.3 Å². The highest BCUT2D eigenvalue weighted by Crippen LogP contribution is 2.17. The standard InChI is InChI=1S/C12H16FN3O3S/c1-20(18,19)16-6-4-15(5-7-16)12(17)10-8-9(13)2-3-11(10)14/h2-3,8H,4-7,14H2,1H3. The first-order valence-corrected chi connectivity index (χ1v) is 7.93. The van der Waals surface area contributed by atoms with E-state index in [0.717, 1.165) is 12.3 Å². The van der Waals surface area contributed by atoms with Gasteiger partial charge in [-0.05, 0) is 18.2 Å². The van der Waals surface area contributed by atoms with Crippen LogP contribution in [-0.4, -0.2) is 56.0 Å². The number of rotatable bonds is 2. The largest absolute Gasteiger partial charge is 0.398 e. The summed E-state index contributed by atoms with van der Waals surface area (Å²) in [6, 6.07) is 3.63. The fraction of sp³-hybridized carbons (Fsp3) is 0.417. The third-order valence-corrected chi connectivity index (χ3v) is 4.54. The summed E-state index contributed by atoms with van der Waals surface area (Å²) in [4.78, 5) is 13.7. The number of hydrogen-bond acceptors (Lipinski definition) is 4. The Bertz CT molecular complexity index is 625. The summed E-state index contributed by atoms with van der Waals surface area (Å²) in [7, 11) is -3.24. The van der Waals surface area contributed by atoms with Gasteiger partial charge in [-0.25, -0.2) is 12.8 Å². The molecule has 0 bridgehead atoms. The van der Waals surface area contributed by atoms with Crippen LogP contribution in [0.2, 0.25) is 0 Å². The van der Waals surface area contributed by atoms with Gasteiger partial charge < -0.3 is 10.6 Å². The summed E-state index contributed by atoms with van der Waals surface area (Å²) in [5, 5.41) is 0. The molecular weight excluding hydrogens is 285 g/mol. The fourth-order valence-corrected chi connectivity index (χ4v) is 2.93. The molecule has 1 amide bonds. The van der Waals surface area contributed by atoms with E-state index in [1.54, 1.807) is 0 Å². The normalized spacial score (nSPS) is 17.2. The van der Waals surface area contributed by atoms with E-state index in [1.165, 1.54) is 21.3 Å². The third-order valence-electron chi connectivity index (χ3n) is 3.24. The molecule has 1 saturated heterocycles. The zero-order chi connectivity index (χ0) is 14.9. The number of benzene rings is 1. The van der Waals surface area contributed by atoms with Crippen molar-refractivity contribution < 1.29 is 17.6 Å². The Morgan fingerprint density at radius 3 is 2.40 bits per heavy atom. The van der Waals surface area contributed by atoms with Gasteiger partial charge in [0.15, 0.2) is 0 Å². The number of carbonyl (C=O) groups is 1. The minimum Gasteiger partial charge on any atom is -0.398 e. The first kappa shape index (κ1) is 14.7. The average Bonchev–Trinajstić information content (AvgIpc) is 2.40. The van der Waals surface area contributed by atoms with Gasteiger partial charge in [-0.15, -0.1) is 0 Å². The number of nitrogens with zero attached hydrogens (tertiary/aromatic N) is 2. The summed E-state index contributed by atoms with van der Waals surface area (Å²) >= 11 is 0. The van der Waals surface area contributed by atoms with Crippen molar-refractivity contribution in [3.8, 4) is 0 Å². The molecule has 0 unspecified atom stereocenters.